The first-order chi connectivity index (χ1) is 54.2. The molecule has 634 valence electrons. The zero-order valence-corrected chi connectivity index (χ0v) is 71.4. The summed E-state index contributed by atoms with van der Waals surface area (Å²) in [5.41, 5.74) is 0. The maximum Gasteiger partial charge on any atom is 0.472 e. The second kappa shape index (κ2) is 84.3. The number of esters is 3. The van der Waals surface area contributed by atoms with Gasteiger partial charge in [-0.2, -0.15) is 0 Å². The normalized spacial score (nSPS) is 14.7. The zero-order valence-electron chi connectivity index (χ0n) is 69.6. The van der Waals surface area contributed by atoms with Gasteiger partial charge in [-0.3, -0.25) is 32.5 Å². The number of aliphatic hydroxyl groups is 2. The van der Waals surface area contributed by atoms with Gasteiger partial charge in [0.25, 0.3) is 0 Å². The number of allylic oxidation sites excluding steroid dienone is 28. The Morgan fingerprint density at radius 1 is 0.261 bits per heavy atom. The van der Waals surface area contributed by atoms with Gasteiger partial charge in [-0.15, -0.1) is 0 Å². The van der Waals surface area contributed by atoms with Gasteiger partial charge in [0.1, 0.15) is 25.4 Å². The molecule has 5 unspecified atom stereocenters. The first-order valence-electron chi connectivity index (χ1n) is 43.4. The number of phosphoric ester groups is 2. The molecule has 0 aliphatic heterocycles. The highest BCUT2D eigenvalue weighted by Crippen LogP contribution is 2.45. The summed E-state index contributed by atoms with van der Waals surface area (Å²) in [4.78, 5) is 58.9. The second-order valence-corrected chi connectivity index (χ2v) is 31.5. The molecule has 16 nitrogen and oxygen atoms in total. The number of ether oxygens (including phenoxy) is 3. The molecule has 0 rings (SSSR count). The van der Waals surface area contributed by atoms with Crippen LogP contribution in [-0.2, 0) is 55.8 Å². The van der Waals surface area contributed by atoms with E-state index in [0.717, 1.165) is 193 Å². The van der Waals surface area contributed by atoms with Gasteiger partial charge in [0, 0.05) is 19.3 Å². The predicted octanol–water partition coefficient (Wildman–Crippen LogP) is 26.3. The summed E-state index contributed by atoms with van der Waals surface area (Å²) in [6.07, 6.45) is 108. The number of carbonyl (C=O) groups is 3. The summed E-state index contributed by atoms with van der Waals surface area (Å²) >= 11 is 0. The Hall–Kier alpha value is -5.09. The molecular formula is C93H156O16P2. The minimum Gasteiger partial charge on any atom is -0.463 e. The fourth-order valence-corrected chi connectivity index (χ4v) is 13.0. The van der Waals surface area contributed by atoms with E-state index in [4.69, 9.17) is 32.3 Å². The van der Waals surface area contributed by atoms with Crippen molar-refractivity contribution in [1.82, 2.24) is 0 Å². The Balaban J connectivity index is 4.56. The van der Waals surface area contributed by atoms with Crippen molar-refractivity contribution < 1.29 is 75.8 Å². The molecule has 0 aromatic heterocycles. The minimum absolute atomic E-state index is 0.0812. The van der Waals surface area contributed by atoms with E-state index in [1.807, 2.05) is 0 Å². The molecular weight excluding hydrogens is 1430 g/mol. The summed E-state index contributed by atoms with van der Waals surface area (Å²) in [7, 11) is -9.82. The van der Waals surface area contributed by atoms with Gasteiger partial charge in [0.15, 0.2) is 6.10 Å². The maximum absolute atomic E-state index is 13.0. The molecule has 0 saturated carbocycles. The molecule has 0 aromatic rings. The van der Waals surface area contributed by atoms with E-state index in [1.54, 1.807) is 0 Å². The van der Waals surface area contributed by atoms with Crippen molar-refractivity contribution in [3.8, 4) is 0 Å². The molecule has 0 heterocycles. The van der Waals surface area contributed by atoms with Crippen LogP contribution in [0.1, 0.15) is 342 Å². The maximum atomic E-state index is 13.0. The number of phosphoric acid groups is 2. The standard InChI is InChI=1S/C93H156O16P2/c1-4-7-10-13-16-19-22-25-28-31-34-36-38-39-40-41-42-43-44-45-46-47-49-51-53-55-58-61-64-67-70-73-76-79-91(96)103-82-88(94)83-105-110(99,100)106-84-89(95)85-107-111(101,102)108-87-90(109-93(98)81-78-75-72-69-66-63-60-57-52-33-30-27-24-21-18-15-12-9-6-3)86-104-92(97)80-77-74-71-68-65-62-59-56-54-50-48-37-35-32-29-26-23-20-17-14-11-8-5-2/h7,9-10,12,16-21,25-30,34-37,39-40,42-43,50,52,54,57,88-90,94-95H,4-6,8,11,13-15,22-24,31-33,38,41,44-49,51,53,55-56,58-87H2,1-3H3,(H,99,100)(H,101,102)/b10-7-,12-9-,19-16-,20-17-,21-18-,28-25-,29-26-,30-27-,36-34-,37-35-,40-39-,43-42-,54-50-,57-52-. The lowest BCUT2D eigenvalue weighted by Gasteiger charge is -2.21. The Morgan fingerprint density at radius 2 is 0.477 bits per heavy atom. The minimum atomic E-state index is -4.95. The van der Waals surface area contributed by atoms with Gasteiger partial charge in [0.05, 0.1) is 26.4 Å². The van der Waals surface area contributed by atoms with E-state index in [-0.39, 0.29) is 19.3 Å². The molecule has 0 radical (unpaired) electrons. The van der Waals surface area contributed by atoms with Crippen LogP contribution >= 0.6 is 15.6 Å². The third kappa shape index (κ3) is 85.6. The van der Waals surface area contributed by atoms with Crippen molar-refractivity contribution >= 4 is 33.6 Å². The highest BCUT2D eigenvalue weighted by Gasteiger charge is 2.29. The lowest BCUT2D eigenvalue weighted by atomic mass is 10.0. The smallest absolute Gasteiger partial charge is 0.463 e. The molecule has 18 heteroatoms. The molecule has 4 N–H and O–H groups in total. The molecule has 0 amide bonds. The van der Waals surface area contributed by atoms with E-state index < -0.39 is 91.5 Å². The monoisotopic (exact) mass is 1590 g/mol. The van der Waals surface area contributed by atoms with Crippen LogP contribution in [0.25, 0.3) is 0 Å². The molecule has 0 aromatic carbocycles. The van der Waals surface area contributed by atoms with Crippen LogP contribution in [0.5, 0.6) is 0 Å². The van der Waals surface area contributed by atoms with Crippen LogP contribution in [-0.4, -0.2) is 95.9 Å². The van der Waals surface area contributed by atoms with E-state index in [1.165, 1.54) is 89.9 Å². The average Bonchev–Trinajstić information content (AvgIpc) is 0.900. The number of hydrogen-bond donors (Lipinski definition) is 4. The summed E-state index contributed by atoms with van der Waals surface area (Å²) < 4.78 is 61.3. The largest absolute Gasteiger partial charge is 0.472 e. The summed E-state index contributed by atoms with van der Waals surface area (Å²) in [5.74, 6) is -1.60. The van der Waals surface area contributed by atoms with Crippen molar-refractivity contribution in [2.24, 2.45) is 0 Å². The van der Waals surface area contributed by atoms with Gasteiger partial charge in [-0.05, 0) is 154 Å². The first kappa shape index (κ1) is 106. The molecule has 0 bridgehead atoms. The Kier molecular flexibility index (Phi) is 80.4. The van der Waals surface area contributed by atoms with Crippen molar-refractivity contribution in [3.63, 3.8) is 0 Å². The Labute approximate surface area is 675 Å². The van der Waals surface area contributed by atoms with Crippen LogP contribution < -0.4 is 0 Å². The van der Waals surface area contributed by atoms with Crippen molar-refractivity contribution in [3.05, 3.63) is 170 Å². The molecule has 0 saturated heterocycles. The quantitative estimate of drug-likeness (QED) is 0.0146. The summed E-state index contributed by atoms with van der Waals surface area (Å²) in [5, 5.41) is 20.7. The van der Waals surface area contributed by atoms with E-state index in [0.29, 0.717) is 19.3 Å². The average molecular weight is 1590 g/mol. The van der Waals surface area contributed by atoms with Gasteiger partial charge in [-0.1, -0.05) is 339 Å². The topological polar surface area (TPSA) is 231 Å². The number of carbonyl (C=O) groups excluding carboxylic acids is 3. The number of rotatable bonds is 81. The van der Waals surface area contributed by atoms with Crippen LogP contribution in [0.2, 0.25) is 0 Å². The van der Waals surface area contributed by atoms with Crippen LogP contribution in [0.4, 0.5) is 0 Å². The predicted molar refractivity (Wildman–Crippen MR) is 463 cm³/mol. The lowest BCUT2D eigenvalue weighted by Crippen LogP contribution is -2.30. The number of aliphatic hydroxyl groups excluding tert-OH is 2. The zero-order chi connectivity index (χ0) is 80.8. The van der Waals surface area contributed by atoms with Gasteiger partial charge >= 0.3 is 33.6 Å². The van der Waals surface area contributed by atoms with Gasteiger partial charge < -0.3 is 34.2 Å². The summed E-state index contributed by atoms with van der Waals surface area (Å²) in [6.45, 7) is 2.42. The van der Waals surface area contributed by atoms with Crippen molar-refractivity contribution in [2.45, 2.75) is 360 Å². The van der Waals surface area contributed by atoms with Crippen LogP contribution in [0, 0.1) is 0 Å². The Bertz CT molecular complexity index is 2700. The van der Waals surface area contributed by atoms with E-state index >= 15 is 0 Å². The molecule has 0 aliphatic carbocycles. The summed E-state index contributed by atoms with van der Waals surface area (Å²) in [6, 6.07) is 0. The van der Waals surface area contributed by atoms with Crippen LogP contribution in [0.15, 0.2) is 170 Å². The molecule has 0 fully saturated rings. The highest BCUT2D eigenvalue weighted by molar-refractivity contribution is 7.47. The molecule has 111 heavy (non-hydrogen) atoms. The second-order valence-electron chi connectivity index (χ2n) is 28.6. The third-order valence-corrected chi connectivity index (χ3v) is 19.8. The SMILES string of the molecule is CC/C=C\C/C=C\C/C=C\C/C=C\C/C=C\C/C=C\CCCCCCCCCCCCCCCCC(=O)OCC(O)COP(=O)(O)OCC(O)COP(=O)(O)OCC(COC(=O)CCCCCCCCC/C=C\C/C=C\C/C=C\C/C=C\CCCCC)OC(=O)CCCCCCCC/C=C\C/C=C\C/C=C\C/C=C\CC. The van der Waals surface area contributed by atoms with Crippen molar-refractivity contribution in [2.75, 3.05) is 39.6 Å². The van der Waals surface area contributed by atoms with E-state index in [9.17, 15) is 43.5 Å². The van der Waals surface area contributed by atoms with Crippen molar-refractivity contribution in [1.29, 1.82) is 0 Å². The Morgan fingerprint density at radius 3 is 0.757 bits per heavy atom. The van der Waals surface area contributed by atoms with E-state index in [2.05, 4.69) is 191 Å². The number of hydrogen-bond acceptors (Lipinski definition) is 14. The fraction of sp³-hybridized carbons (Fsp3) is 0.667. The van der Waals surface area contributed by atoms with Crippen LogP contribution in [0.3, 0.4) is 0 Å². The fourth-order valence-electron chi connectivity index (χ4n) is 11.4. The molecule has 0 aliphatic rings. The number of unbranched alkanes of at least 4 members (excludes halogenated alkanes) is 30. The highest BCUT2D eigenvalue weighted by atomic mass is 31.2. The molecule has 5 atom stereocenters. The van der Waals surface area contributed by atoms with Gasteiger partial charge in [-0.25, -0.2) is 9.13 Å². The molecule has 0 spiro atoms. The first-order valence-corrected chi connectivity index (χ1v) is 46.4. The van der Waals surface area contributed by atoms with Gasteiger partial charge in [0.2, 0.25) is 0 Å². The lowest BCUT2D eigenvalue weighted by molar-refractivity contribution is -0.161. The third-order valence-electron chi connectivity index (χ3n) is 17.9.